The van der Waals surface area contributed by atoms with Crippen LogP contribution < -0.4 is 0 Å². The molecule has 8 nitrogen and oxygen atoms in total. The molecule has 0 fully saturated rings. The number of aromatic nitrogens is 8. The van der Waals surface area contributed by atoms with Crippen molar-refractivity contribution in [3.05, 3.63) is 48.6 Å². The van der Waals surface area contributed by atoms with Crippen molar-refractivity contribution in [2.24, 2.45) is 5.92 Å². The van der Waals surface area contributed by atoms with Gasteiger partial charge in [0.1, 0.15) is 0 Å². The second kappa shape index (κ2) is 7.88. The van der Waals surface area contributed by atoms with E-state index in [1.54, 1.807) is 23.8 Å². The standard InChI is InChI=1S/C12H13BN4.C2H4N4/c1-4-10-7-6-9(3)8-13-12(10)17-11(5-2)14-15-16-17;1-2-3-5-6-4-2/h4-9H,1-2H2,3H3;1H3,(H,3,4,5,6). The van der Waals surface area contributed by atoms with E-state index in [1.165, 1.54) is 0 Å². The fraction of sp³-hybridized carbons (Fsp3) is 0.214. The number of allylic oxidation sites excluding steroid dienone is 4. The van der Waals surface area contributed by atoms with Gasteiger partial charge >= 0.3 is 100 Å². The molecule has 2 aromatic heterocycles. The molecular weight excluding hydrogens is 291 g/mol. The summed E-state index contributed by atoms with van der Waals surface area (Å²) in [5, 5.41) is 24.2. The van der Waals surface area contributed by atoms with Gasteiger partial charge in [-0.05, 0) is 6.92 Å². The molecule has 0 radical (unpaired) electrons. The Morgan fingerprint density at radius 1 is 1.30 bits per heavy atom. The molecule has 0 aromatic carbocycles. The zero-order valence-corrected chi connectivity index (χ0v) is 13.1. The molecule has 0 bridgehead atoms. The topological polar surface area (TPSA) is 98.1 Å². The van der Waals surface area contributed by atoms with Crippen molar-refractivity contribution in [2.45, 2.75) is 13.8 Å². The minimum absolute atomic E-state index is 0.381. The van der Waals surface area contributed by atoms with Crippen LogP contribution in [0.2, 0.25) is 0 Å². The zero-order valence-electron chi connectivity index (χ0n) is 13.1. The van der Waals surface area contributed by atoms with Gasteiger partial charge in [-0.3, -0.25) is 0 Å². The Hall–Kier alpha value is -2.97. The Kier molecular flexibility index (Phi) is 5.62. The maximum atomic E-state index is 3.97. The van der Waals surface area contributed by atoms with E-state index in [4.69, 9.17) is 0 Å². The number of tetrazole rings is 2. The van der Waals surface area contributed by atoms with E-state index in [1.807, 2.05) is 13.0 Å². The van der Waals surface area contributed by atoms with Crippen LogP contribution in [0.5, 0.6) is 0 Å². The van der Waals surface area contributed by atoms with E-state index in [2.05, 4.69) is 68.3 Å². The number of aryl methyl sites for hydroxylation is 1. The first-order valence-corrected chi connectivity index (χ1v) is 7.00. The van der Waals surface area contributed by atoms with Crippen molar-refractivity contribution in [3.8, 4) is 0 Å². The van der Waals surface area contributed by atoms with Crippen LogP contribution >= 0.6 is 0 Å². The molecule has 1 aliphatic heterocycles. The molecule has 1 atom stereocenters. The van der Waals surface area contributed by atoms with Gasteiger partial charge in [0.2, 0.25) is 0 Å². The Morgan fingerprint density at radius 3 is 2.70 bits per heavy atom. The smallest absolute Gasteiger partial charge is 0.171 e. The van der Waals surface area contributed by atoms with Crippen LogP contribution in [0.4, 0.5) is 0 Å². The second-order valence-electron chi connectivity index (χ2n) is 4.73. The van der Waals surface area contributed by atoms with Gasteiger partial charge in [0.15, 0.2) is 5.82 Å². The van der Waals surface area contributed by atoms with Crippen molar-refractivity contribution < 1.29 is 0 Å². The number of hydrogen-bond donors (Lipinski definition) is 1. The van der Waals surface area contributed by atoms with Crippen molar-refractivity contribution in [1.29, 1.82) is 0 Å². The Bertz CT molecular complexity index is 754. The van der Waals surface area contributed by atoms with Crippen LogP contribution in [0.1, 0.15) is 18.6 Å². The molecule has 0 spiro atoms. The summed E-state index contributed by atoms with van der Waals surface area (Å²) in [7, 11) is 0. The molecule has 23 heavy (non-hydrogen) atoms. The molecule has 3 rings (SSSR count). The first-order chi connectivity index (χ1) is 11.2. The molecule has 9 heteroatoms. The van der Waals surface area contributed by atoms with E-state index in [0.717, 1.165) is 11.2 Å². The monoisotopic (exact) mass is 308 g/mol. The second-order valence-corrected chi connectivity index (χ2v) is 4.73. The minimum Gasteiger partial charge on any atom is -0.177 e. The predicted molar refractivity (Wildman–Crippen MR) is 90.4 cm³/mol. The molecule has 0 saturated heterocycles. The number of rotatable bonds is 3. The average molecular weight is 308 g/mol. The molecule has 1 aliphatic rings. The average Bonchev–Trinajstić information content (AvgIpc) is 3.18. The third-order valence-corrected chi connectivity index (χ3v) is 3.01. The van der Waals surface area contributed by atoms with Gasteiger partial charge in [-0.15, -0.1) is 10.2 Å². The molecule has 1 unspecified atom stereocenters. The Morgan fingerprint density at radius 2 is 2.13 bits per heavy atom. The summed E-state index contributed by atoms with van der Waals surface area (Å²) < 4.78 is 1.66. The largest absolute Gasteiger partial charge is 0.177 e. The molecule has 116 valence electrons. The molecule has 0 amide bonds. The normalized spacial score (nSPS) is 16.2. The summed E-state index contributed by atoms with van der Waals surface area (Å²) in [6.07, 6.45) is 7.56. The number of nitrogens with zero attached hydrogens (tertiary/aromatic N) is 7. The van der Waals surface area contributed by atoms with Crippen LogP contribution in [0, 0.1) is 12.8 Å². The van der Waals surface area contributed by atoms with Gasteiger partial charge in [-0.25, -0.2) is 0 Å². The number of nitrogens with one attached hydrogen (secondary N) is 1. The maximum absolute atomic E-state index is 3.97. The summed E-state index contributed by atoms with van der Waals surface area (Å²) in [5.41, 5.74) is 1.89. The van der Waals surface area contributed by atoms with Crippen molar-refractivity contribution in [3.63, 3.8) is 0 Å². The third-order valence-electron chi connectivity index (χ3n) is 3.01. The molecule has 0 saturated carbocycles. The summed E-state index contributed by atoms with van der Waals surface area (Å²) in [5.74, 6) is 3.77. The summed E-state index contributed by atoms with van der Waals surface area (Å²) in [6.45, 7) is 13.4. The van der Waals surface area contributed by atoms with Crippen molar-refractivity contribution in [1.82, 2.24) is 40.8 Å². The molecule has 3 heterocycles. The number of hydrogen-bond acceptors (Lipinski definition) is 6. The van der Waals surface area contributed by atoms with Gasteiger partial charge in [0.05, 0.1) is 0 Å². The summed E-state index contributed by atoms with van der Waals surface area (Å²) in [6, 6.07) is 0. The number of aromatic amines is 1. The van der Waals surface area contributed by atoms with E-state index in [9.17, 15) is 0 Å². The van der Waals surface area contributed by atoms with Crippen LogP contribution in [0.15, 0.2) is 37.0 Å². The van der Waals surface area contributed by atoms with Crippen LogP contribution in [0.25, 0.3) is 11.7 Å². The molecule has 2 aromatic rings. The predicted octanol–water partition coefficient (Wildman–Crippen LogP) is 0.891. The molecule has 1 N–H and O–H groups in total. The van der Waals surface area contributed by atoms with Crippen LogP contribution in [0.3, 0.4) is 0 Å². The Labute approximate surface area is 134 Å². The van der Waals surface area contributed by atoms with E-state index >= 15 is 0 Å². The van der Waals surface area contributed by atoms with Gasteiger partial charge in [0, 0.05) is 0 Å². The van der Waals surface area contributed by atoms with Gasteiger partial charge in [-0.1, -0.05) is 5.21 Å². The quantitative estimate of drug-likeness (QED) is 0.846. The summed E-state index contributed by atoms with van der Waals surface area (Å²) in [4.78, 5) is 0. The first kappa shape index (κ1) is 16.4. The summed E-state index contributed by atoms with van der Waals surface area (Å²) >= 11 is 0. The minimum atomic E-state index is 0.381. The van der Waals surface area contributed by atoms with Gasteiger partial charge in [0.25, 0.3) is 0 Å². The molecular formula is C14H17BN8. The number of H-pyrrole nitrogens is 1. The van der Waals surface area contributed by atoms with Crippen molar-refractivity contribution in [2.75, 3.05) is 0 Å². The Balaban J connectivity index is 0.000000268. The van der Waals surface area contributed by atoms with Crippen LogP contribution in [-0.2, 0) is 0 Å². The first-order valence-electron chi connectivity index (χ1n) is 7.00. The van der Waals surface area contributed by atoms with E-state index < -0.39 is 0 Å². The van der Waals surface area contributed by atoms with Gasteiger partial charge < -0.3 is 0 Å². The van der Waals surface area contributed by atoms with E-state index in [-0.39, 0.29) is 0 Å². The fourth-order valence-corrected chi connectivity index (χ4v) is 1.81. The van der Waals surface area contributed by atoms with Crippen molar-refractivity contribution >= 4 is 24.6 Å². The SMILES string of the molecule is C=CC1=C(n2nnnc2C=C)B=CC(C)C=C1.Cc1nn[nH]n1. The fourth-order valence-electron chi connectivity index (χ4n) is 1.81. The third kappa shape index (κ3) is 4.25. The van der Waals surface area contributed by atoms with Crippen LogP contribution in [-0.4, -0.2) is 53.7 Å². The zero-order chi connectivity index (χ0) is 16.7. The van der Waals surface area contributed by atoms with Gasteiger partial charge in [-0.2, -0.15) is 5.21 Å². The molecule has 0 aliphatic carbocycles. The van der Waals surface area contributed by atoms with E-state index in [0.29, 0.717) is 17.6 Å². The maximum Gasteiger partial charge on any atom is 0.171 e.